The Morgan fingerprint density at radius 1 is 1.17 bits per heavy atom. The van der Waals surface area contributed by atoms with Crippen molar-refractivity contribution >= 4 is 0 Å². The Balaban J connectivity index is 3.47. The predicted octanol–water partition coefficient (Wildman–Crippen LogP) is 2.33. The smallest absolute Gasteiger partial charge is 0.0700 e. The van der Waals surface area contributed by atoms with Gasteiger partial charge in [-0.2, -0.15) is 0 Å². The van der Waals surface area contributed by atoms with Crippen molar-refractivity contribution in [1.29, 1.82) is 0 Å². The van der Waals surface area contributed by atoms with Gasteiger partial charge in [-0.15, -0.1) is 0 Å². The highest BCUT2D eigenvalue weighted by molar-refractivity contribution is 4.71. The topological polar surface area (TPSA) is 18.5 Å². The van der Waals surface area contributed by atoms with Crippen LogP contribution < -0.4 is 0 Å². The summed E-state index contributed by atoms with van der Waals surface area (Å²) in [5.74, 6) is 0.653. The van der Waals surface area contributed by atoms with E-state index in [4.69, 9.17) is 9.47 Å². The lowest BCUT2D eigenvalue weighted by Gasteiger charge is -2.28. The third-order valence-electron chi connectivity index (χ3n) is 2.47. The summed E-state index contributed by atoms with van der Waals surface area (Å²) in [5, 5.41) is 0. The summed E-state index contributed by atoms with van der Waals surface area (Å²) in [4.78, 5) is 0. The molecule has 0 heterocycles. The zero-order valence-corrected chi connectivity index (χ0v) is 9.02. The van der Waals surface area contributed by atoms with Crippen LogP contribution in [0, 0.1) is 11.3 Å². The first-order chi connectivity index (χ1) is 5.50. The Labute approximate surface area is 76.3 Å². The van der Waals surface area contributed by atoms with Crippen LogP contribution in [-0.2, 0) is 9.47 Å². The Morgan fingerprint density at radius 3 is 2.17 bits per heavy atom. The van der Waals surface area contributed by atoms with Crippen molar-refractivity contribution in [3.8, 4) is 0 Å². The number of rotatable bonds is 6. The maximum atomic E-state index is 5.48. The van der Waals surface area contributed by atoms with E-state index in [9.17, 15) is 0 Å². The first-order valence-corrected chi connectivity index (χ1v) is 4.57. The molecule has 12 heavy (non-hydrogen) atoms. The van der Waals surface area contributed by atoms with E-state index in [0.29, 0.717) is 19.1 Å². The van der Waals surface area contributed by atoms with Crippen molar-refractivity contribution < 1.29 is 9.47 Å². The normalized spacial score (nSPS) is 12.5. The summed E-state index contributed by atoms with van der Waals surface area (Å²) in [5.41, 5.74) is 0.272. The van der Waals surface area contributed by atoms with E-state index in [1.165, 1.54) is 0 Å². The molecular weight excluding hydrogens is 152 g/mol. The summed E-state index contributed by atoms with van der Waals surface area (Å²) in [6.45, 7) is 11.1. The molecule has 2 heteroatoms. The fraction of sp³-hybridized carbons (Fsp3) is 1.00. The van der Waals surface area contributed by atoms with Crippen LogP contribution in [0.15, 0.2) is 0 Å². The van der Waals surface area contributed by atoms with Gasteiger partial charge in [0.25, 0.3) is 0 Å². The summed E-state index contributed by atoms with van der Waals surface area (Å²) >= 11 is 0. The molecule has 0 saturated carbocycles. The average Bonchev–Trinajstić information content (AvgIpc) is 1.98. The summed E-state index contributed by atoms with van der Waals surface area (Å²) in [6, 6.07) is 0. The van der Waals surface area contributed by atoms with Crippen LogP contribution in [0.1, 0.15) is 27.7 Å². The van der Waals surface area contributed by atoms with E-state index in [2.05, 4.69) is 27.7 Å². The van der Waals surface area contributed by atoms with E-state index in [1.54, 1.807) is 7.11 Å². The van der Waals surface area contributed by atoms with E-state index in [0.717, 1.165) is 6.61 Å². The molecule has 0 aliphatic carbocycles. The van der Waals surface area contributed by atoms with Crippen LogP contribution >= 0.6 is 0 Å². The molecule has 0 aromatic carbocycles. The van der Waals surface area contributed by atoms with Gasteiger partial charge in [0.2, 0.25) is 0 Å². The third kappa shape index (κ3) is 4.73. The second-order valence-electron chi connectivity index (χ2n) is 4.19. The Hall–Kier alpha value is -0.0800. The van der Waals surface area contributed by atoms with Crippen molar-refractivity contribution in [2.45, 2.75) is 27.7 Å². The minimum absolute atomic E-state index is 0.272. The van der Waals surface area contributed by atoms with Gasteiger partial charge in [0.1, 0.15) is 0 Å². The zero-order chi connectivity index (χ0) is 9.61. The lowest BCUT2D eigenvalue weighted by molar-refractivity contribution is 0.0113. The predicted molar refractivity (Wildman–Crippen MR) is 51.3 cm³/mol. The van der Waals surface area contributed by atoms with Crippen LogP contribution in [0.25, 0.3) is 0 Å². The van der Waals surface area contributed by atoms with Gasteiger partial charge in [-0.25, -0.2) is 0 Å². The van der Waals surface area contributed by atoms with Gasteiger partial charge in [-0.1, -0.05) is 27.7 Å². The Kier molecular flexibility index (Phi) is 5.51. The molecule has 0 bridgehead atoms. The van der Waals surface area contributed by atoms with Crippen LogP contribution in [0.3, 0.4) is 0 Å². The van der Waals surface area contributed by atoms with E-state index < -0.39 is 0 Å². The molecule has 0 unspecified atom stereocenters. The maximum Gasteiger partial charge on any atom is 0.0700 e. The third-order valence-corrected chi connectivity index (χ3v) is 2.47. The molecule has 0 N–H and O–H groups in total. The first kappa shape index (κ1) is 11.9. The lowest BCUT2D eigenvalue weighted by Crippen LogP contribution is -2.26. The van der Waals surface area contributed by atoms with Gasteiger partial charge in [-0.3, -0.25) is 0 Å². The van der Waals surface area contributed by atoms with Crippen molar-refractivity contribution in [3.63, 3.8) is 0 Å². The average molecular weight is 174 g/mol. The van der Waals surface area contributed by atoms with Gasteiger partial charge in [0.15, 0.2) is 0 Å². The second-order valence-corrected chi connectivity index (χ2v) is 4.19. The number of ether oxygens (including phenoxy) is 2. The van der Waals surface area contributed by atoms with Crippen molar-refractivity contribution in [2.24, 2.45) is 11.3 Å². The Morgan fingerprint density at radius 2 is 1.75 bits per heavy atom. The quantitative estimate of drug-likeness (QED) is 0.575. The van der Waals surface area contributed by atoms with Gasteiger partial charge in [-0.05, 0) is 11.3 Å². The maximum absolute atomic E-state index is 5.48. The lowest BCUT2D eigenvalue weighted by atomic mass is 9.82. The van der Waals surface area contributed by atoms with Gasteiger partial charge >= 0.3 is 0 Å². The molecule has 0 aliphatic rings. The molecule has 0 spiro atoms. The van der Waals surface area contributed by atoms with Crippen molar-refractivity contribution in [2.75, 3.05) is 26.9 Å². The van der Waals surface area contributed by atoms with E-state index in [-0.39, 0.29) is 5.41 Å². The second kappa shape index (κ2) is 5.55. The standard InChI is InChI=1S/C10H22O2/c1-9(2)10(3,4)8-12-7-6-11-5/h9H,6-8H2,1-5H3. The van der Waals surface area contributed by atoms with E-state index >= 15 is 0 Å². The van der Waals surface area contributed by atoms with Gasteiger partial charge in [0.05, 0.1) is 19.8 Å². The molecule has 0 atom stereocenters. The first-order valence-electron chi connectivity index (χ1n) is 4.57. The monoisotopic (exact) mass is 174 g/mol. The molecule has 0 saturated heterocycles. The van der Waals surface area contributed by atoms with Gasteiger partial charge < -0.3 is 9.47 Å². The summed E-state index contributed by atoms with van der Waals surface area (Å²) in [6.07, 6.45) is 0. The largest absolute Gasteiger partial charge is 0.382 e. The number of hydrogen-bond acceptors (Lipinski definition) is 2. The SMILES string of the molecule is COCCOCC(C)(C)C(C)C. The molecular formula is C10H22O2. The molecule has 2 nitrogen and oxygen atoms in total. The summed E-state index contributed by atoms with van der Waals surface area (Å²) < 4.78 is 10.4. The zero-order valence-electron chi connectivity index (χ0n) is 9.02. The molecule has 0 aliphatic heterocycles. The molecule has 74 valence electrons. The highest BCUT2D eigenvalue weighted by atomic mass is 16.5. The highest BCUT2D eigenvalue weighted by Crippen LogP contribution is 2.25. The fourth-order valence-corrected chi connectivity index (χ4v) is 0.644. The van der Waals surface area contributed by atoms with Gasteiger partial charge in [0, 0.05) is 7.11 Å². The van der Waals surface area contributed by atoms with Crippen LogP contribution in [0.4, 0.5) is 0 Å². The van der Waals surface area contributed by atoms with Crippen LogP contribution in [-0.4, -0.2) is 26.9 Å². The molecule has 0 amide bonds. The molecule has 0 aromatic heterocycles. The minimum Gasteiger partial charge on any atom is -0.382 e. The van der Waals surface area contributed by atoms with E-state index in [1.807, 2.05) is 0 Å². The van der Waals surface area contributed by atoms with Crippen molar-refractivity contribution in [3.05, 3.63) is 0 Å². The number of hydrogen-bond donors (Lipinski definition) is 0. The fourth-order valence-electron chi connectivity index (χ4n) is 0.644. The van der Waals surface area contributed by atoms with Crippen molar-refractivity contribution in [1.82, 2.24) is 0 Å². The molecule has 0 aromatic rings. The minimum atomic E-state index is 0.272. The highest BCUT2D eigenvalue weighted by Gasteiger charge is 2.22. The molecule has 0 fully saturated rings. The van der Waals surface area contributed by atoms with Crippen LogP contribution in [0.2, 0.25) is 0 Å². The summed E-state index contributed by atoms with van der Waals surface area (Å²) in [7, 11) is 1.69. The Bertz CT molecular complexity index is 108. The number of methoxy groups -OCH3 is 1. The molecule has 0 radical (unpaired) electrons. The molecule has 0 rings (SSSR count). The van der Waals surface area contributed by atoms with Crippen LogP contribution in [0.5, 0.6) is 0 Å².